The van der Waals surface area contributed by atoms with E-state index in [0.717, 1.165) is 0 Å². The first-order valence-corrected chi connectivity index (χ1v) is 2.13. The van der Waals surface area contributed by atoms with Gasteiger partial charge in [-0.15, -0.1) is 0 Å². The molecule has 0 atom stereocenters. The second kappa shape index (κ2) is 5.72. The Morgan fingerprint density at radius 2 is 2.12 bits per heavy atom. The SMILES string of the molecule is N#CC#CCC[C]=O. The molecule has 0 aromatic rings. The van der Waals surface area contributed by atoms with E-state index in [0.29, 0.717) is 12.8 Å². The lowest BCUT2D eigenvalue weighted by Crippen LogP contribution is -1.69. The molecule has 0 saturated heterocycles. The molecule has 0 rings (SSSR count). The Hall–Kier alpha value is -1.28. The van der Waals surface area contributed by atoms with E-state index in [2.05, 4.69) is 11.8 Å². The third kappa shape index (κ3) is 4.72. The second-order valence-electron chi connectivity index (χ2n) is 1.06. The van der Waals surface area contributed by atoms with Crippen molar-refractivity contribution in [2.45, 2.75) is 12.8 Å². The van der Waals surface area contributed by atoms with Crippen molar-refractivity contribution in [1.29, 1.82) is 5.26 Å². The van der Waals surface area contributed by atoms with Crippen LogP contribution >= 0.6 is 0 Å². The van der Waals surface area contributed by atoms with E-state index in [4.69, 9.17) is 5.26 Å². The van der Waals surface area contributed by atoms with Crippen molar-refractivity contribution in [3.63, 3.8) is 0 Å². The van der Waals surface area contributed by atoms with Gasteiger partial charge in [-0.1, -0.05) is 5.92 Å². The molecule has 39 valence electrons. The van der Waals surface area contributed by atoms with Crippen LogP contribution in [0.5, 0.6) is 0 Å². The van der Waals surface area contributed by atoms with Crippen LogP contribution in [0.2, 0.25) is 0 Å². The molecule has 0 bridgehead atoms. The van der Waals surface area contributed by atoms with Crippen molar-refractivity contribution in [2.75, 3.05) is 0 Å². The summed E-state index contributed by atoms with van der Waals surface area (Å²) in [5.74, 6) is 4.62. The lowest BCUT2D eigenvalue weighted by molar-refractivity contribution is 0.552. The van der Waals surface area contributed by atoms with Gasteiger partial charge >= 0.3 is 0 Å². The summed E-state index contributed by atoms with van der Waals surface area (Å²) in [6.45, 7) is 0. The largest absolute Gasteiger partial charge is 0.291 e. The first-order chi connectivity index (χ1) is 3.91. The van der Waals surface area contributed by atoms with Crippen LogP contribution in [0.1, 0.15) is 12.8 Å². The Morgan fingerprint density at radius 3 is 2.62 bits per heavy atom. The Bertz CT molecular complexity index is 156. The van der Waals surface area contributed by atoms with Crippen LogP contribution in [-0.4, -0.2) is 6.29 Å². The van der Waals surface area contributed by atoms with E-state index in [9.17, 15) is 4.79 Å². The topological polar surface area (TPSA) is 40.9 Å². The predicted octanol–water partition coefficient (Wildman–Crippen LogP) is 0.403. The fraction of sp³-hybridized carbons (Fsp3) is 0.333. The van der Waals surface area contributed by atoms with E-state index in [1.807, 2.05) is 0 Å². The Kier molecular flexibility index (Phi) is 4.80. The number of nitriles is 1. The fourth-order valence-electron chi connectivity index (χ4n) is 0.216. The molecule has 0 amide bonds. The lowest BCUT2D eigenvalue weighted by Gasteiger charge is -1.69. The van der Waals surface area contributed by atoms with Gasteiger partial charge in [0.2, 0.25) is 0 Å². The van der Waals surface area contributed by atoms with Crippen LogP contribution in [0.4, 0.5) is 0 Å². The van der Waals surface area contributed by atoms with Gasteiger partial charge in [-0.2, -0.15) is 5.26 Å². The summed E-state index contributed by atoms with van der Waals surface area (Å²) in [4.78, 5) is 9.49. The number of nitrogens with zero attached hydrogens (tertiary/aromatic N) is 1. The Balaban J connectivity index is 3.18. The van der Waals surface area contributed by atoms with Gasteiger partial charge in [-0.05, 0) is 0 Å². The minimum Gasteiger partial charge on any atom is -0.291 e. The maximum atomic E-state index is 9.49. The van der Waals surface area contributed by atoms with Gasteiger partial charge in [-0.3, -0.25) is 4.79 Å². The van der Waals surface area contributed by atoms with Crippen LogP contribution < -0.4 is 0 Å². The van der Waals surface area contributed by atoms with E-state index < -0.39 is 0 Å². The van der Waals surface area contributed by atoms with Gasteiger partial charge in [0.1, 0.15) is 0 Å². The van der Waals surface area contributed by atoms with Gasteiger partial charge < -0.3 is 0 Å². The molecule has 0 spiro atoms. The molecule has 0 aliphatic rings. The predicted molar refractivity (Wildman–Crippen MR) is 28.3 cm³/mol. The molecule has 0 heterocycles. The zero-order valence-corrected chi connectivity index (χ0v) is 4.27. The first-order valence-electron chi connectivity index (χ1n) is 2.13. The molecule has 0 aliphatic carbocycles. The zero-order valence-electron chi connectivity index (χ0n) is 4.27. The van der Waals surface area contributed by atoms with Gasteiger partial charge in [0, 0.05) is 18.8 Å². The van der Waals surface area contributed by atoms with Crippen LogP contribution in [0.15, 0.2) is 0 Å². The number of carbonyl (C=O) groups excluding carboxylic acids is 1. The highest BCUT2D eigenvalue weighted by Gasteiger charge is 1.74. The number of hydrogen-bond donors (Lipinski definition) is 0. The van der Waals surface area contributed by atoms with Crippen molar-refractivity contribution in [2.24, 2.45) is 0 Å². The number of rotatable bonds is 2. The average Bonchev–Trinajstić information content (AvgIpc) is 1.81. The molecular weight excluding hydrogens is 102 g/mol. The molecule has 0 fully saturated rings. The highest BCUT2D eigenvalue weighted by Crippen LogP contribution is 1.77. The molecule has 0 aromatic carbocycles. The van der Waals surface area contributed by atoms with Crippen molar-refractivity contribution in [3.05, 3.63) is 0 Å². The minimum absolute atomic E-state index is 0.300. The van der Waals surface area contributed by atoms with Gasteiger partial charge in [0.25, 0.3) is 0 Å². The summed E-state index contributed by atoms with van der Waals surface area (Å²) in [5.41, 5.74) is 0. The maximum absolute atomic E-state index is 9.49. The summed E-state index contributed by atoms with van der Waals surface area (Å²) in [6.07, 6.45) is 2.41. The number of unbranched alkanes of at least 4 members (excludes halogenated alkanes) is 1. The third-order valence-electron chi connectivity index (χ3n) is 0.496. The standard InChI is InChI=1S/C6H4NO/c7-5-3-1-2-4-6-8/h2,4H2. The summed E-state index contributed by atoms with van der Waals surface area (Å²) in [7, 11) is 0. The van der Waals surface area contributed by atoms with Crippen molar-refractivity contribution in [3.8, 4) is 17.9 Å². The minimum atomic E-state index is 0.300. The molecular formula is C6H4NO. The monoisotopic (exact) mass is 106 g/mol. The molecule has 1 radical (unpaired) electrons. The van der Waals surface area contributed by atoms with E-state index in [1.54, 1.807) is 12.4 Å². The maximum Gasteiger partial charge on any atom is 0.199 e. The summed E-state index contributed by atoms with van der Waals surface area (Å²) in [6, 6.07) is 1.64. The molecule has 2 heteroatoms. The summed E-state index contributed by atoms with van der Waals surface area (Å²) >= 11 is 0. The van der Waals surface area contributed by atoms with Gasteiger partial charge in [0.05, 0.1) is 0 Å². The molecule has 0 aliphatic heterocycles. The molecule has 2 nitrogen and oxygen atoms in total. The first kappa shape index (κ1) is 6.72. The van der Waals surface area contributed by atoms with E-state index >= 15 is 0 Å². The van der Waals surface area contributed by atoms with Crippen molar-refractivity contribution >= 4 is 6.29 Å². The van der Waals surface area contributed by atoms with E-state index in [1.165, 1.54) is 0 Å². The fourth-order valence-corrected chi connectivity index (χ4v) is 0.216. The van der Waals surface area contributed by atoms with Crippen molar-refractivity contribution < 1.29 is 4.79 Å². The summed E-state index contributed by atoms with van der Waals surface area (Å²) < 4.78 is 0. The van der Waals surface area contributed by atoms with Crippen LogP contribution in [0, 0.1) is 23.2 Å². The highest BCUT2D eigenvalue weighted by molar-refractivity contribution is 5.50. The highest BCUT2D eigenvalue weighted by atomic mass is 16.1. The average molecular weight is 106 g/mol. The normalized spacial score (nSPS) is 5.88. The quantitative estimate of drug-likeness (QED) is 0.377. The van der Waals surface area contributed by atoms with Crippen LogP contribution in [-0.2, 0) is 4.79 Å². The summed E-state index contributed by atoms with van der Waals surface area (Å²) in [5, 5.41) is 7.84. The van der Waals surface area contributed by atoms with Crippen LogP contribution in [0.25, 0.3) is 0 Å². The lowest BCUT2D eigenvalue weighted by atomic mass is 10.3. The van der Waals surface area contributed by atoms with Gasteiger partial charge in [-0.25, -0.2) is 0 Å². The molecule has 0 unspecified atom stereocenters. The molecule has 0 saturated carbocycles. The molecule has 8 heavy (non-hydrogen) atoms. The van der Waals surface area contributed by atoms with Gasteiger partial charge in [0.15, 0.2) is 12.4 Å². The second-order valence-corrected chi connectivity index (χ2v) is 1.06. The van der Waals surface area contributed by atoms with Crippen molar-refractivity contribution in [1.82, 2.24) is 0 Å². The smallest absolute Gasteiger partial charge is 0.199 e. The number of hydrogen-bond acceptors (Lipinski definition) is 2. The third-order valence-corrected chi connectivity index (χ3v) is 0.496. The molecule has 0 aromatic heterocycles. The zero-order chi connectivity index (χ0) is 6.24. The Morgan fingerprint density at radius 1 is 1.38 bits per heavy atom. The molecule has 0 N–H and O–H groups in total. The van der Waals surface area contributed by atoms with Crippen LogP contribution in [0.3, 0.4) is 0 Å². The Labute approximate surface area is 48.1 Å². The van der Waals surface area contributed by atoms with E-state index in [-0.39, 0.29) is 0 Å².